The van der Waals surface area contributed by atoms with Crippen LogP contribution in [0.3, 0.4) is 0 Å². The van der Waals surface area contributed by atoms with Gasteiger partial charge in [-0.1, -0.05) is 32.0 Å². The molecule has 0 aliphatic carbocycles. The first-order valence-corrected chi connectivity index (χ1v) is 6.04. The zero-order valence-electron chi connectivity index (χ0n) is 10.3. The van der Waals surface area contributed by atoms with Crippen LogP contribution >= 0.6 is 0 Å². The number of ether oxygens (including phenoxy) is 2. The van der Waals surface area contributed by atoms with E-state index in [1.165, 1.54) is 0 Å². The lowest BCUT2D eigenvalue weighted by molar-refractivity contribution is 0.0237. The molecule has 1 fully saturated rings. The van der Waals surface area contributed by atoms with E-state index < -0.39 is 0 Å². The van der Waals surface area contributed by atoms with Gasteiger partial charge < -0.3 is 9.47 Å². The minimum absolute atomic E-state index is 0.102. The van der Waals surface area contributed by atoms with Crippen LogP contribution < -0.4 is 0 Å². The number of benzene rings is 1. The van der Waals surface area contributed by atoms with E-state index in [-0.39, 0.29) is 18.2 Å². The van der Waals surface area contributed by atoms with Crippen molar-refractivity contribution in [1.82, 2.24) is 0 Å². The average molecular weight is 234 g/mol. The molecule has 1 saturated heterocycles. The molecule has 0 spiro atoms. The smallest absolute Gasteiger partial charge is 0.338 e. The van der Waals surface area contributed by atoms with Gasteiger partial charge in [0.25, 0.3) is 0 Å². The van der Waals surface area contributed by atoms with Gasteiger partial charge in [-0.3, -0.25) is 0 Å². The lowest BCUT2D eigenvalue weighted by atomic mass is 10.0. The van der Waals surface area contributed by atoms with Crippen molar-refractivity contribution in [2.24, 2.45) is 5.92 Å². The van der Waals surface area contributed by atoms with Crippen molar-refractivity contribution in [1.29, 1.82) is 0 Å². The van der Waals surface area contributed by atoms with Crippen molar-refractivity contribution in [3.8, 4) is 0 Å². The lowest BCUT2D eigenvalue weighted by Crippen LogP contribution is -2.19. The van der Waals surface area contributed by atoms with Gasteiger partial charge >= 0.3 is 5.97 Å². The Morgan fingerprint density at radius 1 is 1.35 bits per heavy atom. The highest BCUT2D eigenvalue weighted by Gasteiger charge is 2.30. The van der Waals surface area contributed by atoms with E-state index in [2.05, 4.69) is 13.8 Å². The fraction of sp³-hybridized carbons (Fsp3) is 0.500. The first-order valence-electron chi connectivity index (χ1n) is 6.04. The third kappa shape index (κ3) is 3.07. The molecule has 0 bridgehead atoms. The van der Waals surface area contributed by atoms with Gasteiger partial charge in [0.05, 0.1) is 18.3 Å². The van der Waals surface area contributed by atoms with Crippen molar-refractivity contribution >= 4 is 5.97 Å². The van der Waals surface area contributed by atoms with Crippen LogP contribution in [-0.2, 0) is 9.47 Å². The maximum Gasteiger partial charge on any atom is 0.338 e. The van der Waals surface area contributed by atoms with Crippen LogP contribution in [0.15, 0.2) is 30.3 Å². The monoisotopic (exact) mass is 234 g/mol. The molecule has 0 amide bonds. The fourth-order valence-electron chi connectivity index (χ4n) is 1.97. The third-order valence-corrected chi connectivity index (χ3v) is 3.02. The molecule has 1 aromatic carbocycles. The van der Waals surface area contributed by atoms with E-state index in [1.54, 1.807) is 12.1 Å². The molecule has 2 atom stereocenters. The van der Waals surface area contributed by atoms with E-state index in [0.29, 0.717) is 18.1 Å². The van der Waals surface area contributed by atoms with E-state index in [9.17, 15) is 4.79 Å². The number of hydrogen-bond acceptors (Lipinski definition) is 3. The summed E-state index contributed by atoms with van der Waals surface area (Å²) in [6, 6.07) is 9.07. The third-order valence-electron chi connectivity index (χ3n) is 3.02. The fourth-order valence-corrected chi connectivity index (χ4v) is 1.97. The van der Waals surface area contributed by atoms with Gasteiger partial charge in [-0.15, -0.1) is 0 Å². The Balaban J connectivity index is 1.89. The molecule has 1 aliphatic heterocycles. The molecular formula is C14H18O3. The molecule has 0 radical (unpaired) electrons. The van der Waals surface area contributed by atoms with Crippen molar-refractivity contribution in [3.05, 3.63) is 35.9 Å². The van der Waals surface area contributed by atoms with Gasteiger partial charge in [-0.25, -0.2) is 4.79 Å². The molecule has 1 aliphatic rings. The van der Waals surface area contributed by atoms with Crippen molar-refractivity contribution < 1.29 is 14.3 Å². The Labute approximate surface area is 102 Å². The molecular weight excluding hydrogens is 216 g/mol. The Kier molecular flexibility index (Phi) is 3.79. The number of rotatable bonds is 3. The molecule has 0 saturated carbocycles. The second-order valence-corrected chi connectivity index (χ2v) is 4.74. The van der Waals surface area contributed by atoms with Crippen molar-refractivity contribution in [2.75, 3.05) is 6.61 Å². The van der Waals surface area contributed by atoms with Gasteiger partial charge in [0.15, 0.2) is 0 Å². The number of carbonyl (C=O) groups is 1. The SMILES string of the molecule is CC(C)[C@H]1C[C@@H](OC(=O)c2ccccc2)CO1. The summed E-state index contributed by atoms with van der Waals surface area (Å²) < 4.78 is 11.0. The highest BCUT2D eigenvalue weighted by Crippen LogP contribution is 2.23. The average Bonchev–Trinajstić information content (AvgIpc) is 2.79. The van der Waals surface area contributed by atoms with Crippen LogP contribution in [0.2, 0.25) is 0 Å². The van der Waals surface area contributed by atoms with Crippen molar-refractivity contribution in [2.45, 2.75) is 32.5 Å². The second-order valence-electron chi connectivity index (χ2n) is 4.74. The zero-order valence-corrected chi connectivity index (χ0v) is 10.3. The van der Waals surface area contributed by atoms with Gasteiger partial charge in [-0.2, -0.15) is 0 Å². The van der Waals surface area contributed by atoms with Crippen molar-refractivity contribution in [3.63, 3.8) is 0 Å². The number of hydrogen-bond donors (Lipinski definition) is 0. The summed E-state index contributed by atoms with van der Waals surface area (Å²) in [7, 11) is 0. The Hall–Kier alpha value is -1.35. The summed E-state index contributed by atoms with van der Waals surface area (Å²) in [5.74, 6) is 0.207. The van der Waals surface area contributed by atoms with Gasteiger partial charge in [0, 0.05) is 6.42 Å². The maximum absolute atomic E-state index is 11.8. The summed E-state index contributed by atoms with van der Waals surface area (Å²) in [5, 5.41) is 0. The van der Waals surface area contributed by atoms with E-state index in [4.69, 9.17) is 9.47 Å². The zero-order chi connectivity index (χ0) is 12.3. The van der Waals surface area contributed by atoms with Gasteiger partial charge in [-0.05, 0) is 18.1 Å². The van der Waals surface area contributed by atoms with Crippen LogP contribution in [0.25, 0.3) is 0 Å². The molecule has 2 rings (SSSR count). The summed E-state index contributed by atoms with van der Waals surface area (Å²) >= 11 is 0. The van der Waals surface area contributed by atoms with Gasteiger partial charge in [0.1, 0.15) is 6.10 Å². The molecule has 0 N–H and O–H groups in total. The molecule has 1 heterocycles. The summed E-state index contributed by atoms with van der Waals surface area (Å²) in [6.45, 7) is 4.75. The minimum Gasteiger partial charge on any atom is -0.456 e. The van der Waals surface area contributed by atoms with E-state index in [1.807, 2.05) is 18.2 Å². The molecule has 0 aromatic heterocycles. The molecule has 3 nitrogen and oxygen atoms in total. The quantitative estimate of drug-likeness (QED) is 0.754. The summed E-state index contributed by atoms with van der Waals surface area (Å²) in [6.07, 6.45) is 0.912. The van der Waals surface area contributed by atoms with Crippen LogP contribution in [-0.4, -0.2) is 24.8 Å². The van der Waals surface area contributed by atoms with Gasteiger partial charge in [0.2, 0.25) is 0 Å². The standard InChI is InChI=1S/C14H18O3/c1-10(2)13-8-12(9-16-13)17-14(15)11-6-4-3-5-7-11/h3-7,10,12-13H,8-9H2,1-2H3/t12-,13-/m1/s1. The second kappa shape index (κ2) is 5.32. The van der Waals surface area contributed by atoms with Crippen LogP contribution in [0.4, 0.5) is 0 Å². The Morgan fingerprint density at radius 2 is 2.06 bits per heavy atom. The molecule has 0 unspecified atom stereocenters. The molecule has 1 aromatic rings. The molecule has 17 heavy (non-hydrogen) atoms. The number of carbonyl (C=O) groups excluding carboxylic acids is 1. The molecule has 92 valence electrons. The number of esters is 1. The maximum atomic E-state index is 11.8. The lowest BCUT2D eigenvalue weighted by Gasteiger charge is -2.13. The van der Waals surface area contributed by atoms with E-state index in [0.717, 1.165) is 6.42 Å². The summed E-state index contributed by atoms with van der Waals surface area (Å²) in [4.78, 5) is 11.8. The van der Waals surface area contributed by atoms with E-state index >= 15 is 0 Å². The van der Waals surface area contributed by atoms with Crippen LogP contribution in [0.1, 0.15) is 30.6 Å². The first kappa shape index (κ1) is 12.1. The minimum atomic E-state index is -0.261. The normalized spacial score (nSPS) is 23.9. The Bertz CT molecular complexity index is 372. The molecule has 3 heteroatoms. The highest BCUT2D eigenvalue weighted by molar-refractivity contribution is 5.89. The first-order chi connectivity index (χ1) is 8.16. The highest BCUT2D eigenvalue weighted by atomic mass is 16.6. The van der Waals surface area contributed by atoms with Crippen LogP contribution in [0, 0.1) is 5.92 Å². The summed E-state index contributed by atoms with van der Waals surface area (Å²) in [5.41, 5.74) is 0.598. The topological polar surface area (TPSA) is 35.5 Å². The largest absolute Gasteiger partial charge is 0.456 e. The van der Waals surface area contributed by atoms with Crippen LogP contribution in [0.5, 0.6) is 0 Å². The predicted octanol–water partition coefficient (Wildman–Crippen LogP) is 2.66. The predicted molar refractivity (Wildman–Crippen MR) is 64.8 cm³/mol. The Morgan fingerprint density at radius 3 is 2.65 bits per heavy atom.